The van der Waals surface area contributed by atoms with Gasteiger partial charge < -0.3 is 10.7 Å². The summed E-state index contributed by atoms with van der Waals surface area (Å²) in [5.41, 5.74) is 6.78. The van der Waals surface area contributed by atoms with E-state index in [1.54, 1.807) is 18.5 Å². The number of nitrogens with two attached hydrogens (primary N) is 1. The van der Waals surface area contributed by atoms with Crippen LogP contribution in [-0.2, 0) is 6.42 Å². The molecular formula is C11H12FN3. The molecule has 2 rings (SSSR count). The number of H-pyrrole nitrogens is 1. The zero-order valence-corrected chi connectivity index (χ0v) is 8.15. The minimum Gasteiger partial charge on any atom is -0.347 e. The normalized spacial score (nSPS) is 12.7. The van der Waals surface area contributed by atoms with Gasteiger partial charge in [0.05, 0.1) is 6.04 Å². The van der Waals surface area contributed by atoms with E-state index in [0.717, 1.165) is 11.4 Å². The Hall–Kier alpha value is -1.68. The summed E-state index contributed by atoms with van der Waals surface area (Å²) >= 11 is 0. The SMILES string of the molecule is NC(Cc1cccc(F)c1)c1ncc[nH]1. The van der Waals surface area contributed by atoms with Crippen molar-refractivity contribution in [1.29, 1.82) is 0 Å². The summed E-state index contributed by atoms with van der Waals surface area (Å²) in [4.78, 5) is 7.00. The molecule has 0 aliphatic rings. The molecule has 0 saturated carbocycles. The van der Waals surface area contributed by atoms with Gasteiger partial charge in [0, 0.05) is 12.4 Å². The smallest absolute Gasteiger partial charge is 0.123 e. The zero-order valence-electron chi connectivity index (χ0n) is 8.15. The minimum absolute atomic E-state index is 0.221. The Labute approximate surface area is 87.2 Å². The van der Waals surface area contributed by atoms with Crippen LogP contribution in [0.3, 0.4) is 0 Å². The van der Waals surface area contributed by atoms with Crippen LogP contribution in [0.1, 0.15) is 17.4 Å². The van der Waals surface area contributed by atoms with Crippen molar-refractivity contribution in [2.75, 3.05) is 0 Å². The highest BCUT2D eigenvalue weighted by atomic mass is 19.1. The predicted octanol–water partition coefficient (Wildman–Crippen LogP) is 1.79. The fourth-order valence-corrected chi connectivity index (χ4v) is 1.49. The van der Waals surface area contributed by atoms with Gasteiger partial charge in [-0.25, -0.2) is 9.37 Å². The summed E-state index contributed by atoms with van der Waals surface area (Å²) in [7, 11) is 0. The molecule has 1 aromatic heterocycles. The standard InChI is InChI=1S/C11H12FN3/c12-9-3-1-2-8(6-9)7-10(13)11-14-4-5-15-11/h1-6,10H,7,13H2,(H,14,15). The minimum atomic E-state index is -0.237. The fourth-order valence-electron chi connectivity index (χ4n) is 1.49. The molecule has 0 radical (unpaired) electrons. The average Bonchev–Trinajstić information content (AvgIpc) is 2.70. The molecule has 0 bridgehead atoms. The molecule has 78 valence electrons. The van der Waals surface area contributed by atoms with Crippen LogP contribution in [0.2, 0.25) is 0 Å². The van der Waals surface area contributed by atoms with Crippen molar-refractivity contribution in [2.45, 2.75) is 12.5 Å². The van der Waals surface area contributed by atoms with E-state index < -0.39 is 0 Å². The quantitative estimate of drug-likeness (QED) is 0.802. The number of hydrogen-bond acceptors (Lipinski definition) is 2. The number of imidazole rings is 1. The van der Waals surface area contributed by atoms with E-state index in [2.05, 4.69) is 9.97 Å². The monoisotopic (exact) mass is 205 g/mol. The summed E-state index contributed by atoms with van der Waals surface area (Å²) in [6, 6.07) is 6.22. The number of hydrogen-bond donors (Lipinski definition) is 2. The molecule has 1 atom stereocenters. The number of aromatic nitrogens is 2. The molecule has 0 saturated heterocycles. The van der Waals surface area contributed by atoms with Crippen molar-refractivity contribution in [3.05, 3.63) is 53.9 Å². The summed E-state index contributed by atoms with van der Waals surface area (Å²) < 4.78 is 12.9. The van der Waals surface area contributed by atoms with Gasteiger partial charge in [-0.1, -0.05) is 12.1 Å². The first-order valence-electron chi connectivity index (χ1n) is 4.75. The van der Waals surface area contributed by atoms with Crippen LogP contribution in [0.25, 0.3) is 0 Å². The van der Waals surface area contributed by atoms with E-state index in [9.17, 15) is 4.39 Å². The Morgan fingerprint density at radius 3 is 3.00 bits per heavy atom. The second kappa shape index (κ2) is 4.23. The maximum Gasteiger partial charge on any atom is 0.123 e. The van der Waals surface area contributed by atoms with Gasteiger partial charge in [0.15, 0.2) is 0 Å². The van der Waals surface area contributed by atoms with Gasteiger partial charge in [0.2, 0.25) is 0 Å². The Morgan fingerprint density at radius 2 is 2.33 bits per heavy atom. The van der Waals surface area contributed by atoms with E-state index in [0.29, 0.717) is 6.42 Å². The van der Waals surface area contributed by atoms with Gasteiger partial charge in [-0.3, -0.25) is 0 Å². The molecular weight excluding hydrogens is 193 g/mol. The van der Waals surface area contributed by atoms with Crippen LogP contribution in [-0.4, -0.2) is 9.97 Å². The summed E-state index contributed by atoms with van der Waals surface area (Å²) in [6.07, 6.45) is 3.95. The van der Waals surface area contributed by atoms with E-state index in [1.165, 1.54) is 12.1 Å². The van der Waals surface area contributed by atoms with Crippen molar-refractivity contribution in [3.63, 3.8) is 0 Å². The number of nitrogens with one attached hydrogen (secondary N) is 1. The predicted molar refractivity (Wildman–Crippen MR) is 55.6 cm³/mol. The van der Waals surface area contributed by atoms with Crippen LogP contribution in [0.15, 0.2) is 36.7 Å². The van der Waals surface area contributed by atoms with Crippen LogP contribution in [0, 0.1) is 5.82 Å². The van der Waals surface area contributed by atoms with E-state index >= 15 is 0 Å². The van der Waals surface area contributed by atoms with Crippen LogP contribution in [0.5, 0.6) is 0 Å². The van der Waals surface area contributed by atoms with E-state index in [4.69, 9.17) is 5.73 Å². The lowest BCUT2D eigenvalue weighted by Gasteiger charge is -2.08. The van der Waals surface area contributed by atoms with Crippen molar-refractivity contribution in [1.82, 2.24) is 9.97 Å². The number of benzene rings is 1. The van der Waals surface area contributed by atoms with Gasteiger partial charge in [-0.15, -0.1) is 0 Å². The highest BCUT2D eigenvalue weighted by molar-refractivity contribution is 5.18. The molecule has 1 aromatic carbocycles. The molecule has 0 amide bonds. The van der Waals surface area contributed by atoms with E-state index in [1.807, 2.05) is 6.07 Å². The Morgan fingerprint density at radius 1 is 1.47 bits per heavy atom. The fraction of sp³-hybridized carbons (Fsp3) is 0.182. The Kier molecular flexibility index (Phi) is 2.78. The van der Waals surface area contributed by atoms with Crippen molar-refractivity contribution in [2.24, 2.45) is 5.73 Å². The second-order valence-corrected chi connectivity index (χ2v) is 3.41. The largest absolute Gasteiger partial charge is 0.347 e. The lowest BCUT2D eigenvalue weighted by atomic mass is 10.1. The first-order chi connectivity index (χ1) is 7.25. The maximum atomic E-state index is 12.9. The van der Waals surface area contributed by atoms with Crippen LogP contribution in [0.4, 0.5) is 4.39 Å². The number of rotatable bonds is 3. The van der Waals surface area contributed by atoms with E-state index in [-0.39, 0.29) is 11.9 Å². The summed E-state index contributed by atoms with van der Waals surface area (Å²) in [6.45, 7) is 0. The topological polar surface area (TPSA) is 54.7 Å². The lowest BCUT2D eigenvalue weighted by molar-refractivity contribution is 0.619. The molecule has 4 heteroatoms. The van der Waals surface area contributed by atoms with Crippen LogP contribution >= 0.6 is 0 Å². The van der Waals surface area contributed by atoms with Gasteiger partial charge in [0.25, 0.3) is 0 Å². The third-order valence-electron chi connectivity index (χ3n) is 2.22. The third-order valence-corrected chi connectivity index (χ3v) is 2.22. The molecule has 0 spiro atoms. The average molecular weight is 205 g/mol. The summed E-state index contributed by atoms with van der Waals surface area (Å²) in [5.74, 6) is 0.485. The molecule has 1 unspecified atom stereocenters. The molecule has 1 heterocycles. The van der Waals surface area contributed by atoms with Gasteiger partial charge in [0.1, 0.15) is 11.6 Å². The molecule has 0 fully saturated rings. The zero-order chi connectivity index (χ0) is 10.7. The van der Waals surface area contributed by atoms with Crippen molar-refractivity contribution in [3.8, 4) is 0 Å². The summed E-state index contributed by atoms with van der Waals surface area (Å²) in [5, 5.41) is 0. The second-order valence-electron chi connectivity index (χ2n) is 3.41. The highest BCUT2D eigenvalue weighted by Gasteiger charge is 2.09. The first kappa shape index (κ1) is 9.86. The lowest BCUT2D eigenvalue weighted by Crippen LogP contribution is -2.14. The molecule has 0 aliphatic heterocycles. The maximum absolute atomic E-state index is 12.9. The molecule has 3 nitrogen and oxygen atoms in total. The highest BCUT2D eigenvalue weighted by Crippen LogP contribution is 2.13. The number of nitrogens with zero attached hydrogens (tertiary/aromatic N) is 1. The third kappa shape index (κ3) is 2.41. The van der Waals surface area contributed by atoms with Gasteiger partial charge in [-0.05, 0) is 24.1 Å². The number of halogens is 1. The number of aromatic amines is 1. The van der Waals surface area contributed by atoms with Crippen molar-refractivity contribution >= 4 is 0 Å². The van der Waals surface area contributed by atoms with Gasteiger partial charge >= 0.3 is 0 Å². The first-order valence-corrected chi connectivity index (χ1v) is 4.75. The molecule has 0 aliphatic carbocycles. The Balaban J connectivity index is 2.09. The Bertz CT molecular complexity index is 425. The van der Waals surface area contributed by atoms with Crippen LogP contribution < -0.4 is 5.73 Å². The molecule has 3 N–H and O–H groups in total. The van der Waals surface area contributed by atoms with Crippen molar-refractivity contribution < 1.29 is 4.39 Å². The molecule has 15 heavy (non-hydrogen) atoms. The van der Waals surface area contributed by atoms with Gasteiger partial charge in [-0.2, -0.15) is 0 Å². The molecule has 2 aromatic rings.